The van der Waals surface area contributed by atoms with Gasteiger partial charge in [0.05, 0.1) is 11.7 Å². The molecule has 1 N–H and O–H groups in total. The monoisotopic (exact) mass is 397 g/mol. The predicted molar refractivity (Wildman–Crippen MR) is 108 cm³/mol. The standard InChI is InChI=1S/C20H23N5O2S/c1-15(16-5-7-18(8-6-16)25-14-21-13-23-25)24(2)19(26)4-3-10-22-20(27)17-9-11-28-12-17/h5-9,11-15H,3-4,10H2,1-2H3,(H,22,27)/t15-/m1/s1. The molecule has 0 aliphatic heterocycles. The molecule has 0 unspecified atom stereocenters. The minimum absolute atomic E-state index is 0.0438. The lowest BCUT2D eigenvalue weighted by molar-refractivity contribution is -0.131. The number of thiophene rings is 1. The van der Waals surface area contributed by atoms with Crippen molar-refractivity contribution in [2.24, 2.45) is 0 Å². The van der Waals surface area contributed by atoms with Crippen LogP contribution < -0.4 is 5.32 Å². The van der Waals surface area contributed by atoms with Gasteiger partial charge in [0.15, 0.2) is 0 Å². The number of nitrogens with zero attached hydrogens (tertiary/aromatic N) is 4. The van der Waals surface area contributed by atoms with Crippen LogP contribution in [0.2, 0.25) is 0 Å². The lowest BCUT2D eigenvalue weighted by Crippen LogP contribution is -2.31. The van der Waals surface area contributed by atoms with Gasteiger partial charge in [-0.15, -0.1) is 0 Å². The van der Waals surface area contributed by atoms with Crippen molar-refractivity contribution in [3.63, 3.8) is 0 Å². The number of amides is 2. The van der Waals surface area contributed by atoms with Crippen LogP contribution in [0.25, 0.3) is 5.69 Å². The summed E-state index contributed by atoms with van der Waals surface area (Å²) in [6.45, 7) is 2.48. The molecule has 2 heterocycles. The van der Waals surface area contributed by atoms with Crippen molar-refractivity contribution in [1.29, 1.82) is 0 Å². The Labute approximate surface area is 168 Å². The Bertz CT molecular complexity index is 891. The van der Waals surface area contributed by atoms with E-state index in [1.54, 1.807) is 22.0 Å². The fraction of sp³-hybridized carbons (Fsp3) is 0.300. The van der Waals surface area contributed by atoms with Crippen LogP contribution in [0, 0.1) is 0 Å². The first-order chi connectivity index (χ1) is 13.6. The maximum Gasteiger partial charge on any atom is 0.252 e. The average molecular weight is 398 g/mol. The zero-order valence-corrected chi connectivity index (χ0v) is 16.7. The van der Waals surface area contributed by atoms with Crippen molar-refractivity contribution < 1.29 is 9.59 Å². The van der Waals surface area contributed by atoms with E-state index in [2.05, 4.69) is 15.4 Å². The smallest absolute Gasteiger partial charge is 0.252 e. The molecule has 3 aromatic rings. The maximum atomic E-state index is 12.5. The SMILES string of the molecule is C[C@H](c1ccc(-n2cncn2)cc1)N(C)C(=O)CCCNC(=O)c1ccsc1. The Morgan fingerprint density at radius 1 is 1.25 bits per heavy atom. The minimum Gasteiger partial charge on any atom is -0.352 e. The number of hydrogen-bond donors (Lipinski definition) is 1. The molecule has 0 saturated carbocycles. The van der Waals surface area contributed by atoms with Crippen LogP contribution in [0.4, 0.5) is 0 Å². The van der Waals surface area contributed by atoms with Gasteiger partial charge in [-0.1, -0.05) is 12.1 Å². The second-order valence-corrected chi connectivity index (χ2v) is 7.26. The van der Waals surface area contributed by atoms with Crippen molar-refractivity contribution in [3.05, 3.63) is 64.9 Å². The molecule has 0 radical (unpaired) electrons. The summed E-state index contributed by atoms with van der Waals surface area (Å²) in [6, 6.07) is 9.64. The third-order valence-corrected chi connectivity index (χ3v) is 5.35. The van der Waals surface area contributed by atoms with E-state index < -0.39 is 0 Å². The molecule has 146 valence electrons. The fourth-order valence-corrected chi connectivity index (χ4v) is 3.44. The molecule has 3 rings (SSSR count). The zero-order valence-electron chi connectivity index (χ0n) is 15.9. The third kappa shape index (κ3) is 4.83. The van der Waals surface area contributed by atoms with Crippen molar-refractivity contribution in [3.8, 4) is 5.69 Å². The molecule has 7 nitrogen and oxygen atoms in total. The molecule has 0 aliphatic rings. The number of carbonyl (C=O) groups excluding carboxylic acids is 2. The predicted octanol–water partition coefficient (Wildman–Crippen LogP) is 3.06. The normalized spacial score (nSPS) is 11.8. The first kappa shape index (κ1) is 19.8. The molecule has 1 aromatic carbocycles. The largest absolute Gasteiger partial charge is 0.352 e. The summed E-state index contributed by atoms with van der Waals surface area (Å²) < 4.78 is 1.69. The number of nitrogens with one attached hydrogen (secondary N) is 1. The molecule has 0 aliphatic carbocycles. The van der Waals surface area contributed by atoms with Crippen LogP contribution in [0.5, 0.6) is 0 Å². The van der Waals surface area contributed by atoms with Gasteiger partial charge < -0.3 is 10.2 Å². The summed E-state index contributed by atoms with van der Waals surface area (Å²) in [5, 5.41) is 10.6. The van der Waals surface area contributed by atoms with Crippen LogP contribution in [0.15, 0.2) is 53.7 Å². The van der Waals surface area contributed by atoms with E-state index in [0.29, 0.717) is 24.9 Å². The van der Waals surface area contributed by atoms with Crippen LogP contribution in [0.3, 0.4) is 0 Å². The van der Waals surface area contributed by atoms with E-state index in [0.717, 1.165) is 11.3 Å². The Balaban J connectivity index is 1.46. The zero-order chi connectivity index (χ0) is 19.9. The molecule has 0 saturated heterocycles. The lowest BCUT2D eigenvalue weighted by atomic mass is 10.1. The van der Waals surface area contributed by atoms with Gasteiger partial charge in [-0.3, -0.25) is 9.59 Å². The van der Waals surface area contributed by atoms with E-state index in [1.165, 1.54) is 17.7 Å². The van der Waals surface area contributed by atoms with Gasteiger partial charge in [-0.05, 0) is 42.5 Å². The lowest BCUT2D eigenvalue weighted by Gasteiger charge is -2.25. The summed E-state index contributed by atoms with van der Waals surface area (Å²) in [5.74, 6) is -0.0412. The summed E-state index contributed by atoms with van der Waals surface area (Å²) in [7, 11) is 1.81. The van der Waals surface area contributed by atoms with Crippen LogP contribution in [-0.2, 0) is 4.79 Å². The first-order valence-electron chi connectivity index (χ1n) is 9.07. The maximum absolute atomic E-state index is 12.5. The Hall–Kier alpha value is -3.00. The summed E-state index contributed by atoms with van der Waals surface area (Å²) >= 11 is 1.49. The second-order valence-electron chi connectivity index (χ2n) is 6.48. The van der Waals surface area contributed by atoms with Gasteiger partial charge in [0.1, 0.15) is 12.7 Å². The average Bonchev–Trinajstić information content (AvgIpc) is 3.44. The number of aromatic nitrogens is 3. The molecule has 8 heteroatoms. The van der Waals surface area contributed by atoms with Gasteiger partial charge in [-0.2, -0.15) is 16.4 Å². The summed E-state index contributed by atoms with van der Waals surface area (Å²) in [6.07, 6.45) is 4.13. The van der Waals surface area contributed by atoms with Gasteiger partial charge in [0, 0.05) is 31.0 Å². The molecule has 28 heavy (non-hydrogen) atoms. The van der Waals surface area contributed by atoms with Crippen molar-refractivity contribution in [2.45, 2.75) is 25.8 Å². The van der Waals surface area contributed by atoms with E-state index in [9.17, 15) is 9.59 Å². The Kier molecular flexibility index (Phi) is 6.54. The summed E-state index contributed by atoms with van der Waals surface area (Å²) in [5.41, 5.74) is 2.63. The quantitative estimate of drug-likeness (QED) is 0.593. The second kappa shape index (κ2) is 9.27. The van der Waals surface area contributed by atoms with Crippen molar-refractivity contribution in [1.82, 2.24) is 25.0 Å². The van der Waals surface area contributed by atoms with Gasteiger partial charge in [0.2, 0.25) is 5.91 Å². The fourth-order valence-electron chi connectivity index (χ4n) is 2.80. The molecule has 0 spiro atoms. The van der Waals surface area contributed by atoms with Gasteiger partial charge in [0.25, 0.3) is 5.91 Å². The molecule has 0 bridgehead atoms. The Morgan fingerprint density at radius 3 is 2.68 bits per heavy atom. The summed E-state index contributed by atoms with van der Waals surface area (Å²) in [4.78, 5) is 30.0. The van der Waals surface area contributed by atoms with E-state index in [-0.39, 0.29) is 17.9 Å². The highest BCUT2D eigenvalue weighted by Gasteiger charge is 2.17. The molecular formula is C20H23N5O2S. The highest BCUT2D eigenvalue weighted by Crippen LogP contribution is 2.21. The number of hydrogen-bond acceptors (Lipinski definition) is 5. The van der Waals surface area contributed by atoms with Crippen molar-refractivity contribution in [2.75, 3.05) is 13.6 Å². The first-order valence-corrected chi connectivity index (χ1v) is 10.0. The number of rotatable bonds is 8. The molecule has 2 amide bonds. The molecule has 1 atom stereocenters. The van der Waals surface area contributed by atoms with E-state index in [4.69, 9.17) is 0 Å². The highest BCUT2D eigenvalue weighted by molar-refractivity contribution is 7.08. The molecular weight excluding hydrogens is 374 g/mol. The van der Waals surface area contributed by atoms with Gasteiger partial charge >= 0.3 is 0 Å². The topological polar surface area (TPSA) is 80.1 Å². The third-order valence-electron chi connectivity index (χ3n) is 4.67. The number of benzene rings is 1. The van der Waals surface area contributed by atoms with E-state index >= 15 is 0 Å². The van der Waals surface area contributed by atoms with Crippen LogP contribution in [-0.4, -0.2) is 45.1 Å². The van der Waals surface area contributed by atoms with E-state index in [1.807, 2.05) is 49.0 Å². The van der Waals surface area contributed by atoms with Crippen LogP contribution in [0.1, 0.15) is 41.7 Å². The molecule has 2 aromatic heterocycles. The minimum atomic E-state index is -0.0945. The van der Waals surface area contributed by atoms with Gasteiger partial charge in [-0.25, -0.2) is 9.67 Å². The van der Waals surface area contributed by atoms with Crippen molar-refractivity contribution >= 4 is 23.2 Å². The number of carbonyl (C=O) groups is 2. The molecule has 0 fully saturated rings. The van der Waals surface area contributed by atoms with Crippen LogP contribution >= 0.6 is 11.3 Å². The highest BCUT2D eigenvalue weighted by atomic mass is 32.1. The Morgan fingerprint density at radius 2 is 2.04 bits per heavy atom.